The van der Waals surface area contributed by atoms with Gasteiger partial charge in [0.15, 0.2) is 11.5 Å². The number of fused-ring (bicyclic) bond motifs is 4. The van der Waals surface area contributed by atoms with Crippen molar-refractivity contribution in [2.45, 2.75) is 70.8 Å². The van der Waals surface area contributed by atoms with Gasteiger partial charge in [-0.3, -0.25) is 14.6 Å². The van der Waals surface area contributed by atoms with E-state index in [2.05, 4.69) is 56.2 Å². The van der Waals surface area contributed by atoms with Gasteiger partial charge in [0, 0.05) is 77.0 Å². The lowest BCUT2D eigenvalue weighted by Gasteiger charge is -2.30. The van der Waals surface area contributed by atoms with E-state index in [4.69, 9.17) is 10.8 Å². The van der Waals surface area contributed by atoms with Crippen LogP contribution in [0.1, 0.15) is 74.6 Å². The lowest BCUT2D eigenvalue weighted by Crippen LogP contribution is -2.39. The third kappa shape index (κ3) is 13.8. The van der Waals surface area contributed by atoms with Crippen LogP contribution in [0.25, 0.3) is 11.3 Å². The number of carbonyl (C=O) groups is 2. The molecule has 0 saturated heterocycles. The van der Waals surface area contributed by atoms with Crippen LogP contribution < -0.4 is 5.73 Å². The number of Topliss-reactive ketones (excluding diaryl/α,β-unsaturated/α-hetero) is 1. The third-order valence-corrected chi connectivity index (χ3v) is 10.4. The number of alkyl halides is 6. The highest BCUT2D eigenvalue weighted by Crippen LogP contribution is 2.30. The van der Waals surface area contributed by atoms with Gasteiger partial charge < -0.3 is 29.9 Å². The van der Waals surface area contributed by atoms with Gasteiger partial charge in [-0.2, -0.15) is 26.3 Å². The molecule has 0 bridgehead atoms. The number of aromatic carboxylic acids is 1. The SMILES string of the molecule is C.I.NCC(O)CN1CCc2ccccc2C1.O=C(CCC(O)CN1CCc2ccccc2C1)c1cn2cc(C(F)(F)F)ccc2n1.O=C(O)c1cn2cc(C(F)(F)F)ccc2n1. The number of carboxylic acids is 1. The highest BCUT2D eigenvalue weighted by atomic mass is 127. The molecule has 6 heterocycles. The Morgan fingerprint density at radius 3 is 1.52 bits per heavy atom. The second kappa shape index (κ2) is 22.1. The first-order valence-corrected chi connectivity index (χ1v) is 19.5. The monoisotopic (exact) mass is 997 g/mol. The Balaban J connectivity index is 0.000000224. The number of carboxylic acid groups (broad SMARTS) is 1. The molecule has 0 spiro atoms. The first-order chi connectivity index (χ1) is 29.0. The van der Waals surface area contributed by atoms with Crippen LogP contribution in [-0.4, -0.2) is 101 Å². The Hall–Kier alpha value is -4.93. The molecule has 340 valence electrons. The van der Waals surface area contributed by atoms with Crippen LogP contribution in [0.3, 0.4) is 0 Å². The van der Waals surface area contributed by atoms with Crippen molar-refractivity contribution < 1.29 is 51.3 Å². The van der Waals surface area contributed by atoms with E-state index in [0.29, 0.717) is 19.6 Å². The standard InChI is InChI=1S/C22H22F3N3O2.C12H18N2O.C9H5F3N2O2.CH4.HI/c23-22(24,25)17-5-8-21-26-19(14-28(21)12-17)20(30)7-6-18(29)13-27-10-9-15-3-1-2-4-16(15)11-27;13-7-12(15)9-14-6-5-10-3-1-2-4-11(10)8-14;10-9(11,12)5-1-2-7-13-6(8(15)16)4-14(7)3-5;;/h1-5,8,12,14,18,29H,6-7,9-11,13H2;1-4,12,15H,5-9,13H2;1-4H,(H,15,16);1H4;1H. The summed E-state index contributed by atoms with van der Waals surface area (Å²) in [5.74, 6) is -1.58. The molecule has 2 unspecified atom stereocenters. The summed E-state index contributed by atoms with van der Waals surface area (Å²) in [5, 5.41) is 28.5. The summed E-state index contributed by atoms with van der Waals surface area (Å²) < 4.78 is 77.7. The summed E-state index contributed by atoms with van der Waals surface area (Å²) >= 11 is 0. The molecule has 0 saturated carbocycles. The number of nitrogens with zero attached hydrogens (tertiary/aromatic N) is 6. The summed E-state index contributed by atoms with van der Waals surface area (Å²) in [6.45, 7) is 5.09. The van der Waals surface area contributed by atoms with Crippen molar-refractivity contribution in [1.29, 1.82) is 0 Å². The molecule has 12 nitrogen and oxygen atoms in total. The van der Waals surface area contributed by atoms with Crippen molar-refractivity contribution in [3.05, 3.63) is 142 Å². The average molecular weight is 998 g/mol. The van der Waals surface area contributed by atoms with Gasteiger partial charge in [0.1, 0.15) is 17.0 Å². The summed E-state index contributed by atoms with van der Waals surface area (Å²) in [5.41, 5.74) is 9.42. The fourth-order valence-corrected chi connectivity index (χ4v) is 7.16. The minimum atomic E-state index is -4.46. The van der Waals surface area contributed by atoms with Gasteiger partial charge in [-0.25, -0.2) is 14.8 Å². The van der Waals surface area contributed by atoms with Crippen LogP contribution >= 0.6 is 24.0 Å². The van der Waals surface area contributed by atoms with Crippen LogP contribution in [0, 0.1) is 0 Å². The van der Waals surface area contributed by atoms with Gasteiger partial charge in [0.2, 0.25) is 0 Å². The number of carbonyl (C=O) groups excluding carboxylic acids is 1. The number of ketones is 1. The third-order valence-electron chi connectivity index (χ3n) is 10.4. The molecule has 0 amide bonds. The summed E-state index contributed by atoms with van der Waals surface area (Å²) in [4.78, 5) is 35.2. The number of aliphatic hydroxyl groups excluding tert-OH is 2. The van der Waals surface area contributed by atoms with Gasteiger partial charge in [0.25, 0.3) is 0 Å². The van der Waals surface area contributed by atoms with E-state index in [1.165, 1.54) is 38.9 Å². The summed E-state index contributed by atoms with van der Waals surface area (Å²) in [6.07, 6.45) is -3.53. The number of rotatable bonds is 10. The number of hydrogen-bond acceptors (Lipinski definition) is 9. The number of hydrogen-bond donors (Lipinski definition) is 4. The highest BCUT2D eigenvalue weighted by molar-refractivity contribution is 14.0. The summed E-state index contributed by atoms with van der Waals surface area (Å²) in [6, 6.07) is 20.9. The number of aromatic nitrogens is 4. The maximum Gasteiger partial charge on any atom is 0.417 e. The van der Waals surface area contributed by atoms with E-state index in [0.717, 1.165) is 80.2 Å². The van der Waals surface area contributed by atoms with Gasteiger partial charge in [-0.15, -0.1) is 24.0 Å². The quantitative estimate of drug-likeness (QED) is 0.0619. The summed E-state index contributed by atoms with van der Waals surface area (Å²) in [7, 11) is 0. The van der Waals surface area contributed by atoms with E-state index < -0.39 is 41.7 Å². The fraction of sp³-hybridized carbons (Fsp3) is 0.364. The maximum atomic E-state index is 12.8. The second-order valence-electron chi connectivity index (χ2n) is 14.9. The molecule has 4 aromatic heterocycles. The lowest BCUT2D eigenvalue weighted by molar-refractivity contribution is -0.138. The molecular weight excluding hydrogens is 947 g/mol. The Morgan fingerprint density at radius 2 is 1.08 bits per heavy atom. The number of halogens is 7. The predicted octanol–water partition coefficient (Wildman–Crippen LogP) is 7.40. The van der Waals surface area contributed by atoms with Crippen LogP contribution in [0.15, 0.2) is 97.6 Å². The first-order valence-electron chi connectivity index (χ1n) is 19.5. The van der Waals surface area contributed by atoms with E-state index in [1.54, 1.807) is 0 Å². The molecule has 2 aromatic carbocycles. The molecule has 8 rings (SSSR count). The molecule has 0 fully saturated rings. The lowest BCUT2D eigenvalue weighted by atomic mass is 9.99. The Labute approximate surface area is 377 Å². The van der Waals surface area contributed by atoms with Gasteiger partial charge in [-0.05, 0) is 65.8 Å². The van der Waals surface area contributed by atoms with Crippen molar-refractivity contribution in [2.24, 2.45) is 5.73 Å². The number of aliphatic hydroxyl groups is 2. The average Bonchev–Trinajstić information content (AvgIpc) is 3.87. The smallest absolute Gasteiger partial charge is 0.417 e. The number of β-amino-alcohol motifs (C(OH)–C–C–N with tert-alkyl or cyclic N) is 2. The molecule has 19 heteroatoms. The molecule has 2 atom stereocenters. The zero-order valence-corrected chi connectivity index (χ0v) is 35.6. The van der Waals surface area contributed by atoms with E-state index in [9.17, 15) is 46.1 Å². The topological polar surface area (TPSA) is 162 Å². The Bertz CT molecular complexity index is 2460. The van der Waals surface area contributed by atoms with Crippen LogP contribution in [0.4, 0.5) is 26.3 Å². The fourth-order valence-electron chi connectivity index (χ4n) is 7.16. The second-order valence-corrected chi connectivity index (χ2v) is 14.9. The van der Waals surface area contributed by atoms with Crippen molar-refractivity contribution in [3.8, 4) is 0 Å². The maximum absolute atomic E-state index is 12.8. The Morgan fingerprint density at radius 1 is 0.651 bits per heavy atom. The van der Waals surface area contributed by atoms with Crippen molar-refractivity contribution in [1.82, 2.24) is 28.6 Å². The number of nitrogens with two attached hydrogens (primary N) is 1. The molecule has 63 heavy (non-hydrogen) atoms. The van der Waals surface area contributed by atoms with Gasteiger partial charge in [-0.1, -0.05) is 56.0 Å². The number of benzene rings is 2. The normalized spacial score (nSPS) is 15.0. The molecule has 2 aliphatic rings. The van der Waals surface area contributed by atoms with Crippen molar-refractivity contribution >= 4 is 47.0 Å². The zero-order valence-electron chi connectivity index (χ0n) is 33.3. The molecule has 2 aliphatic heterocycles. The predicted molar refractivity (Wildman–Crippen MR) is 235 cm³/mol. The van der Waals surface area contributed by atoms with Crippen LogP contribution in [0.5, 0.6) is 0 Å². The van der Waals surface area contributed by atoms with Crippen molar-refractivity contribution in [2.75, 3.05) is 32.7 Å². The van der Waals surface area contributed by atoms with E-state index in [-0.39, 0.29) is 72.7 Å². The minimum absolute atomic E-state index is 0. The van der Waals surface area contributed by atoms with Crippen LogP contribution in [0.2, 0.25) is 0 Å². The van der Waals surface area contributed by atoms with Gasteiger partial charge in [0.05, 0.1) is 23.3 Å². The zero-order chi connectivity index (χ0) is 43.9. The minimum Gasteiger partial charge on any atom is -0.476 e. The Kier molecular flexibility index (Phi) is 17.8. The molecule has 6 aromatic rings. The molecule has 0 radical (unpaired) electrons. The largest absolute Gasteiger partial charge is 0.476 e. The molecule has 0 aliphatic carbocycles. The van der Waals surface area contributed by atoms with Crippen LogP contribution in [-0.2, 0) is 38.3 Å². The first kappa shape index (κ1) is 50.7. The van der Waals surface area contributed by atoms with Crippen molar-refractivity contribution in [3.63, 3.8) is 0 Å². The number of imidazole rings is 2. The van der Waals surface area contributed by atoms with Gasteiger partial charge >= 0.3 is 18.3 Å². The highest BCUT2D eigenvalue weighted by Gasteiger charge is 2.32. The molecular formula is C44H50F6IN7O5. The molecule has 5 N–H and O–H groups in total. The number of pyridine rings is 2. The van der Waals surface area contributed by atoms with E-state index in [1.807, 2.05) is 12.1 Å². The van der Waals surface area contributed by atoms with E-state index >= 15 is 0 Å².